The lowest BCUT2D eigenvalue weighted by Crippen LogP contribution is -2.23. The van der Waals surface area contributed by atoms with E-state index in [0.717, 1.165) is 40.8 Å². The minimum Gasteiger partial charge on any atom is -0.485 e. The third-order valence-electron chi connectivity index (χ3n) is 4.10. The number of benzene rings is 2. The lowest BCUT2D eigenvalue weighted by molar-refractivity contribution is 0.0933. The summed E-state index contributed by atoms with van der Waals surface area (Å²) in [6, 6.07) is 17.6. The molecule has 4 nitrogen and oxygen atoms in total. The van der Waals surface area contributed by atoms with Gasteiger partial charge in [-0.25, -0.2) is 9.37 Å². The molecule has 0 aliphatic carbocycles. The van der Waals surface area contributed by atoms with E-state index < -0.39 is 12.8 Å². The van der Waals surface area contributed by atoms with Gasteiger partial charge in [-0.3, -0.25) is 0 Å². The summed E-state index contributed by atoms with van der Waals surface area (Å²) in [5.74, 6) is 0.498. The topological polar surface area (TPSA) is 54.4 Å². The first-order valence-corrected chi connectivity index (χ1v) is 8.82. The van der Waals surface area contributed by atoms with E-state index in [4.69, 9.17) is 14.8 Å². The Balaban J connectivity index is 1.85. The van der Waals surface area contributed by atoms with Crippen LogP contribution in [0.25, 0.3) is 22.2 Å². The van der Waals surface area contributed by atoms with Crippen molar-refractivity contribution in [3.05, 3.63) is 54.6 Å². The number of ether oxygens (including phenoxy) is 1. The summed E-state index contributed by atoms with van der Waals surface area (Å²) < 4.78 is 18.2. The van der Waals surface area contributed by atoms with E-state index in [1.807, 2.05) is 42.5 Å². The fourth-order valence-corrected chi connectivity index (χ4v) is 2.67. The number of aliphatic hydroxyl groups is 1. The van der Waals surface area contributed by atoms with Gasteiger partial charge in [-0.2, -0.15) is 0 Å². The summed E-state index contributed by atoms with van der Waals surface area (Å²) in [5.41, 5.74) is 3.75. The number of rotatable bonds is 8. The number of halogens is 1. The van der Waals surface area contributed by atoms with Crippen molar-refractivity contribution in [2.24, 2.45) is 0 Å². The van der Waals surface area contributed by atoms with Gasteiger partial charge in [0.2, 0.25) is 0 Å². The van der Waals surface area contributed by atoms with Crippen molar-refractivity contribution in [3.63, 3.8) is 0 Å². The van der Waals surface area contributed by atoms with Crippen molar-refractivity contribution in [2.75, 3.05) is 25.1 Å². The fourth-order valence-electron chi connectivity index (χ4n) is 2.67. The van der Waals surface area contributed by atoms with Gasteiger partial charge in [-0.05, 0) is 36.8 Å². The summed E-state index contributed by atoms with van der Waals surface area (Å²) in [4.78, 5) is 4.70. The van der Waals surface area contributed by atoms with Gasteiger partial charge in [0.05, 0.1) is 17.8 Å². The predicted octanol–water partition coefficient (Wildman–Crippen LogP) is 4.43. The highest BCUT2D eigenvalue weighted by Crippen LogP contribution is 2.25. The van der Waals surface area contributed by atoms with Crippen LogP contribution in [-0.4, -0.2) is 36.0 Å². The smallest absolute Gasteiger partial charge is 0.150 e. The number of pyridine rings is 1. The van der Waals surface area contributed by atoms with Crippen molar-refractivity contribution >= 4 is 16.6 Å². The Morgan fingerprint density at radius 2 is 1.88 bits per heavy atom. The van der Waals surface area contributed by atoms with E-state index in [9.17, 15) is 4.39 Å². The number of aliphatic hydroxyl groups excluding tert-OH is 1. The Hall–Kier alpha value is -2.66. The van der Waals surface area contributed by atoms with Crippen LogP contribution in [0.4, 0.5) is 10.1 Å². The van der Waals surface area contributed by atoms with Gasteiger partial charge in [0, 0.05) is 29.2 Å². The molecule has 2 aromatic carbocycles. The third kappa shape index (κ3) is 4.29. The van der Waals surface area contributed by atoms with E-state index in [1.54, 1.807) is 12.1 Å². The zero-order valence-electron chi connectivity index (χ0n) is 14.8. The molecule has 0 saturated carbocycles. The minimum atomic E-state index is -0.848. The molecule has 0 aliphatic heterocycles. The van der Waals surface area contributed by atoms with Gasteiger partial charge in [-0.1, -0.05) is 25.1 Å². The summed E-state index contributed by atoms with van der Waals surface area (Å²) in [7, 11) is 0. The molecular weight excluding hydrogens is 331 g/mol. The van der Waals surface area contributed by atoms with Crippen LogP contribution in [-0.2, 0) is 0 Å². The molecule has 0 aliphatic rings. The average Bonchev–Trinajstić information content (AvgIpc) is 2.70. The molecule has 1 atom stereocenters. The van der Waals surface area contributed by atoms with Gasteiger partial charge in [0.15, 0.2) is 0 Å². The molecule has 0 spiro atoms. The number of hydrogen-bond donors (Lipinski definition) is 2. The molecule has 0 amide bonds. The Morgan fingerprint density at radius 3 is 2.58 bits per heavy atom. The Morgan fingerprint density at radius 1 is 1.12 bits per heavy atom. The summed E-state index contributed by atoms with van der Waals surface area (Å²) in [6.07, 6.45) is 0.233. The molecule has 26 heavy (non-hydrogen) atoms. The number of fused-ring (bicyclic) bond motifs is 1. The first kappa shape index (κ1) is 18.1. The molecule has 2 N–H and O–H groups in total. The summed E-state index contributed by atoms with van der Waals surface area (Å²) in [5, 5.41) is 13.4. The quantitative estimate of drug-likeness (QED) is 0.628. The van der Waals surface area contributed by atoms with Gasteiger partial charge >= 0.3 is 0 Å². The average molecular weight is 354 g/mol. The monoisotopic (exact) mass is 354 g/mol. The molecule has 1 heterocycles. The van der Waals surface area contributed by atoms with Gasteiger partial charge in [0.25, 0.3) is 0 Å². The van der Waals surface area contributed by atoms with E-state index in [1.165, 1.54) is 0 Å². The van der Waals surface area contributed by atoms with Crippen LogP contribution >= 0.6 is 0 Å². The molecule has 1 aromatic heterocycles. The number of anilines is 1. The molecule has 5 heteroatoms. The number of nitrogens with one attached hydrogen (secondary N) is 1. The predicted molar refractivity (Wildman–Crippen MR) is 103 cm³/mol. The summed E-state index contributed by atoms with van der Waals surface area (Å²) >= 11 is 0. The largest absolute Gasteiger partial charge is 0.485 e. The lowest BCUT2D eigenvalue weighted by Gasteiger charge is -2.14. The Labute approximate surface area is 152 Å². The second kappa shape index (κ2) is 8.63. The van der Waals surface area contributed by atoms with Crippen molar-refractivity contribution in [1.82, 2.24) is 4.98 Å². The number of nitrogens with zero attached hydrogens (tertiary/aromatic N) is 1. The van der Waals surface area contributed by atoms with E-state index >= 15 is 0 Å². The van der Waals surface area contributed by atoms with E-state index in [-0.39, 0.29) is 6.61 Å². The maximum Gasteiger partial charge on any atom is 0.150 e. The van der Waals surface area contributed by atoms with Gasteiger partial charge < -0.3 is 15.2 Å². The molecule has 3 aromatic rings. The zero-order valence-corrected chi connectivity index (χ0v) is 14.8. The molecule has 136 valence electrons. The normalized spacial score (nSPS) is 12.1. The fraction of sp³-hybridized carbons (Fsp3) is 0.286. The van der Waals surface area contributed by atoms with Crippen LogP contribution in [0.1, 0.15) is 13.3 Å². The van der Waals surface area contributed by atoms with Crippen LogP contribution in [0, 0.1) is 0 Å². The second-order valence-corrected chi connectivity index (χ2v) is 6.13. The number of alkyl halides is 1. The molecule has 3 rings (SSSR count). The number of aromatic nitrogens is 1. The van der Waals surface area contributed by atoms with Crippen molar-refractivity contribution in [1.29, 1.82) is 0 Å². The van der Waals surface area contributed by atoms with Crippen LogP contribution < -0.4 is 10.1 Å². The van der Waals surface area contributed by atoms with E-state index in [0.29, 0.717) is 5.75 Å². The first-order valence-electron chi connectivity index (χ1n) is 8.82. The van der Waals surface area contributed by atoms with Crippen molar-refractivity contribution < 1.29 is 14.2 Å². The molecule has 1 unspecified atom stereocenters. The third-order valence-corrected chi connectivity index (χ3v) is 4.10. The standard InChI is InChI=1S/C21H23FN2O2/c1-2-11-23-17-7-3-15(4-8-17)20-10-6-16-5-9-18(12-21(16)24-20)26-19(13-22)14-25/h3-10,12,19,23,25H,2,11,13-14H2,1H3. The lowest BCUT2D eigenvalue weighted by atomic mass is 10.1. The zero-order chi connectivity index (χ0) is 18.4. The van der Waals surface area contributed by atoms with Crippen LogP contribution in [0.2, 0.25) is 0 Å². The molecule has 0 fully saturated rings. The highest BCUT2D eigenvalue weighted by molar-refractivity contribution is 5.83. The highest BCUT2D eigenvalue weighted by Gasteiger charge is 2.09. The highest BCUT2D eigenvalue weighted by atomic mass is 19.1. The summed E-state index contributed by atoms with van der Waals surface area (Å²) in [6.45, 7) is 1.99. The molecule has 0 radical (unpaired) electrons. The second-order valence-electron chi connectivity index (χ2n) is 6.13. The van der Waals surface area contributed by atoms with Gasteiger partial charge in [-0.15, -0.1) is 0 Å². The molecule has 0 saturated heterocycles. The first-order chi connectivity index (χ1) is 12.7. The maximum absolute atomic E-state index is 12.7. The van der Waals surface area contributed by atoms with Gasteiger partial charge in [0.1, 0.15) is 18.5 Å². The van der Waals surface area contributed by atoms with Crippen molar-refractivity contribution in [3.8, 4) is 17.0 Å². The Kier molecular flexibility index (Phi) is 6.02. The van der Waals surface area contributed by atoms with Crippen molar-refractivity contribution in [2.45, 2.75) is 19.4 Å². The van der Waals surface area contributed by atoms with Crippen LogP contribution in [0.15, 0.2) is 54.6 Å². The van der Waals surface area contributed by atoms with Crippen LogP contribution in [0.5, 0.6) is 5.75 Å². The molecular formula is C21H23FN2O2. The minimum absolute atomic E-state index is 0.361. The number of hydrogen-bond acceptors (Lipinski definition) is 4. The van der Waals surface area contributed by atoms with E-state index in [2.05, 4.69) is 12.2 Å². The molecule has 0 bridgehead atoms. The SMILES string of the molecule is CCCNc1ccc(-c2ccc3ccc(OC(CO)CF)cc3n2)cc1. The maximum atomic E-state index is 12.7. The Bertz CT molecular complexity index is 848. The van der Waals surface area contributed by atoms with Crippen LogP contribution in [0.3, 0.4) is 0 Å².